The molecule has 0 aliphatic heterocycles. The topological polar surface area (TPSA) is 41.9 Å². The minimum atomic E-state index is 0.705. The van der Waals surface area contributed by atoms with Gasteiger partial charge in [0.1, 0.15) is 0 Å². The molecule has 0 aliphatic rings. The summed E-state index contributed by atoms with van der Waals surface area (Å²) < 4.78 is 0. The summed E-state index contributed by atoms with van der Waals surface area (Å²) >= 11 is 1.49. The first-order valence-electron chi connectivity index (χ1n) is 3.15. The molecule has 1 aromatic rings. The van der Waals surface area contributed by atoms with Crippen LogP contribution in [0.15, 0.2) is 11.4 Å². The molecule has 0 radical (unpaired) electrons. The van der Waals surface area contributed by atoms with Crippen LogP contribution in [0.25, 0.3) is 0 Å². The quantitative estimate of drug-likeness (QED) is 0.610. The Hall–Kier alpha value is -0.840. The molecule has 60 valence electrons. The Morgan fingerprint density at radius 3 is 2.73 bits per heavy atom. The van der Waals surface area contributed by atoms with Gasteiger partial charge < -0.3 is 4.90 Å². The van der Waals surface area contributed by atoms with Gasteiger partial charge in [-0.15, -0.1) is 5.10 Å². The van der Waals surface area contributed by atoms with E-state index in [1.807, 2.05) is 25.3 Å². The van der Waals surface area contributed by atoms with E-state index in [-0.39, 0.29) is 0 Å². The second kappa shape index (κ2) is 3.52. The van der Waals surface area contributed by atoms with Crippen molar-refractivity contribution in [1.82, 2.24) is 15.2 Å². The van der Waals surface area contributed by atoms with Crippen LogP contribution in [0.3, 0.4) is 0 Å². The highest BCUT2D eigenvalue weighted by atomic mass is 32.2. The van der Waals surface area contributed by atoms with E-state index in [0.717, 1.165) is 5.82 Å². The molecular weight excluding hydrogens is 160 g/mol. The van der Waals surface area contributed by atoms with Gasteiger partial charge in [-0.25, -0.2) is 4.98 Å². The van der Waals surface area contributed by atoms with Gasteiger partial charge in [0.15, 0.2) is 5.82 Å². The Morgan fingerprint density at radius 1 is 1.45 bits per heavy atom. The maximum absolute atomic E-state index is 4.21. The molecule has 1 aromatic heterocycles. The molecule has 0 bridgehead atoms. The van der Waals surface area contributed by atoms with Gasteiger partial charge in [-0.3, -0.25) is 0 Å². The molecule has 1 heterocycles. The zero-order chi connectivity index (χ0) is 8.27. The van der Waals surface area contributed by atoms with Gasteiger partial charge >= 0.3 is 0 Å². The molecule has 5 heteroatoms. The Kier molecular flexibility index (Phi) is 2.64. The van der Waals surface area contributed by atoms with Crippen molar-refractivity contribution in [3.05, 3.63) is 6.20 Å². The minimum absolute atomic E-state index is 0.705. The molecule has 11 heavy (non-hydrogen) atoms. The fourth-order valence-corrected chi connectivity index (χ4v) is 0.895. The zero-order valence-corrected chi connectivity index (χ0v) is 7.59. The van der Waals surface area contributed by atoms with E-state index in [9.17, 15) is 0 Å². The van der Waals surface area contributed by atoms with Crippen LogP contribution < -0.4 is 4.90 Å². The number of nitrogens with zero attached hydrogens (tertiary/aromatic N) is 4. The standard InChI is InChI=1S/C6H10N4S/c1-10(2)5-4-7-9-6(8-5)11-3/h4H,1-3H3. The van der Waals surface area contributed by atoms with Crippen LogP contribution in [0.4, 0.5) is 5.82 Å². The van der Waals surface area contributed by atoms with Crippen molar-refractivity contribution in [2.75, 3.05) is 25.3 Å². The highest BCUT2D eigenvalue weighted by Crippen LogP contribution is 2.10. The Balaban J connectivity index is 2.91. The van der Waals surface area contributed by atoms with Gasteiger partial charge in [0.05, 0.1) is 6.20 Å². The minimum Gasteiger partial charge on any atom is -0.361 e. The second-order valence-electron chi connectivity index (χ2n) is 2.20. The fourth-order valence-electron chi connectivity index (χ4n) is 0.581. The fraction of sp³-hybridized carbons (Fsp3) is 0.500. The van der Waals surface area contributed by atoms with E-state index < -0.39 is 0 Å². The Labute approximate surface area is 70.0 Å². The van der Waals surface area contributed by atoms with E-state index in [4.69, 9.17) is 0 Å². The zero-order valence-electron chi connectivity index (χ0n) is 6.77. The molecule has 0 saturated heterocycles. The summed E-state index contributed by atoms with van der Waals surface area (Å²) in [6.45, 7) is 0. The Bertz CT molecular complexity index is 238. The maximum Gasteiger partial charge on any atom is 0.210 e. The van der Waals surface area contributed by atoms with E-state index in [1.165, 1.54) is 11.8 Å². The van der Waals surface area contributed by atoms with Crippen molar-refractivity contribution in [2.45, 2.75) is 5.16 Å². The lowest BCUT2D eigenvalue weighted by Gasteiger charge is -2.09. The summed E-state index contributed by atoms with van der Waals surface area (Å²) in [5, 5.41) is 8.32. The van der Waals surface area contributed by atoms with Gasteiger partial charge in [-0.2, -0.15) is 5.10 Å². The molecule has 0 amide bonds. The lowest BCUT2D eigenvalue weighted by molar-refractivity contribution is 0.825. The molecular formula is C6H10N4S. The Morgan fingerprint density at radius 2 is 2.18 bits per heavy atom. The summed E-state index contributed by atoms with van der Waals surface area (Å²) in [6.07, 6.45) is 3.57. The summed E-state index contributed by atoms with van der Waals surface area (Å²) in [4.78, 5) is 6.10. The maximum atomic E-state index is 4.21. The van der Waals surface area contributed by atoms with E-state index in [0.29, 0.717) is 5.16 Å². The van der Waals surface area contributed by atoms with Crippen molar-refractivity contribution in [3.63, 3.8) is 0 Å². The molecule has 4 nitrogen and oxygen atoms in total. The third-order valence-corrected chi connectivity index (χ3v) is 1.71. The predicted molar refractivity (Wildman–Crippen MR) is 45.9 cm³/mol. The van der Waals surface area contributed by atoms with Gasteiger partial charge in [0, 0.05) is 14.1 Å². The number of aromatic nitrogens is 3. The largest absolute Gasteiger partial charge is 0.361 e. The SMILES string of the molecule is CSc1nncc(N(C)C)n1. The average molecular weight is 170 g/mol. The molecule has 0 unspecified atom stereocenters. The van der Waals surface area contributed by atoms with Crippen molar-refractivity contribution < 1.29 is 0 Å². The number of rotatable bonds is 2. The van der Waals surface area contributed by atoms with Crippen molar-refractivity contribution in [3.8, 4) is 0 Å². The third-order valence-electron chi connectivity index (χ3n) is 1.17. The highest BCUT2D eigenvalue weighted by molar-refractivity contribution is 7.98. The molecule has 0 N–H and O–H groups in total. The van der Waals surface area contributed by atoms with Crippen molar-refractivity contribution >= 4 is 17.6 Å². The summed E-state index contributed by atoms with van der Waals surface area (Å²) in [7, 11) is 3.85. The average Bonchev–Trinajstić information content (AvgIpc) is 2.05. The molecule has 0 aliphatic carbocycles. The molecule has 0 fully saturated rings. The number of hydrogen-bond donors (Lipinski definition) is 0. The number of anilines is 1. The normalized spacial score (nSPS) is 9.73. The first-order valence-corrected chi connectivity index (χ1v) is 4.37. The van der Waals surface area contributed by atoms with Gasteiger partial charge in [-0.1, -0.05) is 11.8 Å². The summed E-state index contributed by atoms with van der Waals surface area (Å²) in [6, 6.07) is 0. The van der Waals surface area contributed by atoms with E-state index >= 15 is 0 Å². The van der Waals surface area contributed by atoms with Gasteiger partial charge in [0.2, 0.25) is 5.16 Å². The van der Waals surface area contributed by atoms with E-state index in [1.54, 1.807) is 6.20 Å². The van der Waals surface area contributed by atoms with Gasteiger partial charge in [0.25, 0.3) is 0 Å². The van der Waals surface area contributed by atoms with Crippen molar-refractivity contribution in [2.24, 2.45) is 0 Å². The van der Waals surface area contributed by atoms with Crippen LogP contribution in [-0.4, -0.2) is 35.5 Å². The van der Waals surface area contributed by atoms with Crippen molar-refractivity contribution in [1.29, 1.82) is 0 Å². The molecule has 0 atom stereocenters. The second-order valence-corrected chi connectivity index (χ2v) is 2.97. The predicted octanol–water partition coefficient (Wildman–Crippen LogP) is 0.659. The van der Waals surface area contributed by atoms with Crippen LogP contribution in [0.2, 0.25) is 0 Å². The van der Waals surface area contributed by atoms with Gasteiger partial charge in [-0.05, 0) is 6.26 Å². The first kappa shape index (κ1) is 8.26. The molecule has 1 rings (SSSR count). The molecule has 0 aromatic carbocycles. The van der Waals surface area contributed by atoms with Crippen LogP contribution in [0.5, 0.6) is 0 Å². The lowest BCUT2D eigenvalue weighted by atomic mass is 10.6. The number of hydrogen-bond acceptors (Lipinski definition) is 5. The lowest BCUT2D eigenvalue weighted by Crippen LogP contribution is -2.11. The van der Waals surface area contributed by atoms with Crippen LogP contribution in [0.1, 0.15) is 0 Å². The van der Waals surface area contributed by atoms with Crippen LogP contribution in [0, 0.1) is 0 Å². The van der Waals surface area contributed by atoms with E-state index in [2.05, 4.69) is 15.2 Å². The first-order chi connectivity index (χ1) is 5.24. The monoisotopic (exact) mass is 170 g/mol. The van der Waals surface area contributed by atoms with Crippen LogP contribution >= 0.6 is 11.8 Å². The highest BCUT2D eigenvalue weighted by Gasteiger charge is 1.99. The molecule has 0 spiro atoms. The van der Waals surface area contributed by atoms with Crippen LogP contribution in [-0.2, 0) is 0 Å². The number of thioether (sulfide) groups is 1. The smallest absolute Gasteiger partial charge is 0.210 e. The molecule has 0 saturated carbocycles. The summed E-state index contributed by atoms with van der Waals surface area (Å²) in [5.41, 5.74) is 0. The third kappa shape index (κ3) is 2.04. The summed E-state index contributed by atoms with van der Waals surface area (Å²) in [5.74, 6) is 0.837.